The molecule has 0 heterocycles. The molecule has 2 aromatic carbocycles. The molecule has 0 spiro atoms. The van der Waals surface area contributed by atoms with Crippen LogP contribution in [0.25, 0.3) is 0 Å². The van der Waals surface area contributed by atoms with Crippen molar-refractivity contribution in [3.63, 3.8) is 0 Å². The second-order valence-electron chi connectivity index (χ2n) is 9.17. The van der Waals surface area contributed by atoms with E-state index in [1.807, 2.05) is 36.4 Å². The molecule has 0 aliphatic carbocycles. The summed E-state index contributed by atoms with van der Waals surface area (Å²) in [5, 5.41) is 16.1. The standard InChI is InChI=1S/C23H33Cl2NO2Si/c1-16(15-28-29(5,6)23(2,3)4)26-21(17-10-12-19(24)13-11-17)22(27)18-8-7-9-20(25)14-18/h7-14,16,21-22,26-27H,15H2,1-6H3/t16-,21+,22+/m0/s1. The van der Waals surface area contributed by atoms with Crippen LogP contribution >= 0.6 is 23.2 Å². The van der Waals surface area contributed by atoms with Crippen LogP contribution in [0.1, 0.15) is 51.0 Å². The lowest BCUT2D eigenvalue weighted by molar-refractivity contribution is 0.115. The number of aliphatic hydroxyl groups is 1. The summed E-state index contributed by atoms with van der Waals surface area (Å²) in [7, 11) is -1.84. The van der Waals surface area contributed by atoms with Gasteiger partial charge in [-0.15, -0.1) is 0 Å². The summed E-state index contributed by atoms with van der Waals surface area (Å²) in [5.74, 6) is 0. The Labute approximate surface area is 186 Å². The molecule has 0 aromatic heterocycles. The van der Waals surface area contributed by atoms with E-state index < -0.39 is 14.4 Å². The van der Waals surface area contributed by atoms with Gasteiger partial charge in [0.2, 0.25) is 0 Å². The van der Waals surface area contributed by atoms with Gasteiger partial charge in [-0.05, 0) is 60.4 Å². The van der Waals surface area contributed by atoms with Crippen LogP contribution in [-0.4, -0.2) is 26.1 Å². The number of nitrogens with one attached hydrogen (secondary N) is 1. The highest BCUT2D eigenvalue weighted by Gasteiger charge is 2.37. The van der Waals surface area contributed by atoms with Gasteiger partial charge in [-0.1, -0.05) is 68.2 Å². The first-order valence-electron chi connectivity index (χ1n) is 10.00. The third kappa shape index (κ3) is 6.81. The zero-order valence-electron chi connectivity index (χ0n) is 18.2. The number of rotatable bonds is 8. The second kappa shape index (κ2) is 9.95. The van der Waals surface area contributed by atoms with E-state index in [9.17, 15) is 5.11 Å². The molecular weight excluding hydrogens is 421 g/mol. The van der Waals surface area contributed by atoms with Crippen molar-refractivity contribution < 1.29 is 9.53 Å². The van der Waals surface area contributed by atoms with Crippen LogP contribution < -0.4 is 5.32 Å². The molecule has 0 unspecified atom stereocenters. The lowest BCUT2D eigenvalue weighted by atomic mass is 9.95. The molecule has 6 heteroatoms. The third-order valence-corrected chi connectivity index (χ3v) is 10.7. The van der Waals surface area contributed by atoms with Crippen LogP contribution in [0.2, 0.25) is 28.2 Å². The first kappa shape index (κ1) is 24.4. The molecule has 0 amide bonds. The average Bonchev–Trinajstić information content (AvgIpc) is 2.64. The van der Waals surface area contributed by atoms with Gasteiger partial charge in [0.1, 0.15) is 0 Å². The highest BCUT2D eigenvalue weighted by molar-refractivity contribution is 6.74. The number of benzene rings is 2. The minimum Gasteiger partial charge on any atom is -0.415 e. The molecule has 2 N–H and O–H groups in total. The molecule has 3 nitrogen and oxygen atoms in total. The van der Waals surface area contributed by atoms with Crippen LogP contribution in [0.5, 0.6) is 0 Å². The Balaban J connectivity index is 2.20. The normalized spacial score (nSPS) is 15.8. The van der Waals surface area contributed by atoms with Crippen molar-refractivity contribution in [1.82, 2.24) is 5.32 Å². The van der Waals surface area contributed by atoms with Gasteiger partial charge in [-0.2, -0.15) is 0 Å². The van der Waals surface area contributed by atoms with Crippen LogP contribution in [-0.2, 0) is 4.43 Å². The summed E-state index contributed by atoms with van der Waals surface area (Å²) in [6.07, 6.45) is -0.759. The SMILES string of the molecule is C[C@@H](CO[Si](C)(C)C(C)(C)C)N[C@H](c1ccc(Cl)cc1)[C@H](O)c1cccc(Cl)c1. The van der Waals surface area contributed by atoms with E-state index in [1.165, 1.54) is 0 Å². The third-order valence-electron chi connectivity index (χ3n) is 5.70. The molecule has 160 valence electrons. The van der Waals surface area contributed by atoms with Crippen molar-refractivity contribution in [2.45, 2.75) is 64.0 Å². The van der Waals surface area contributed by atoms with Gasteiger partial charge in [0.15, 0.2) is 8.32 Å². The fourth-order valence-electron chi connectivity index (χ4n) is 2.83. The van der Waals surface area contributed by atoms with E-state index in [0.29, 0.717) is 16.7 Å². The van der Waals surface area contributed by atoms with E-state index in [4.69, 9.17) is 27.6 Å². The zero-order valence-corrected chi connectivity index (χ0v) is 20.7. The van der Waals surface area contributed by atoms with Gasteiger partial charge in [-0.25, -0.2) is 0 Å². The van der Waals surface area contributed by atoms with Crippen LogP contribution in [0, 0.1) is 0 Å². The molecule has 0 aliphatic rings. The van der Waals surface area contributed by atoms with E-state index in [2.05, 4.69) is 46.1 Å². The summed E-state index contributed by atoms with van der Waals surface area (Å²) >= 11 is 12.2. The van der Waals surface area contributed by atoms with Gasteiger partial charge in [0.05, 0.1) is 12.1 Å². The predicted molar refractivity (Wildman–Crippen MR) is 126 cm³/mol. The van der Waals surface area contributed by atoms with Crippen LogP contribution in [0.15, 0.2) is 48.5 Å². The monoisotopic (exact) mass is 453 g/mol. The van der Waals surface area contributed by atoms with Crippen molar-refractivity contribution in [3.05, 3.63) is 69.7 Å². The van der Waals surface area contributed by atoms with Crippen molar-refractivity contribution in [1.29, 1.82) is 0 Å². The molecule has 0 saturated heterocycles. The smallest absolute Gasteiger partial charge is 0.192 e. The fourth-order valence-corrected chi connectivity index (χ4v) is 4.25. The molecule has 2 aromatic rings. The Kier molecular flexibility index (Phi) is 8.37. The lowest BCUT2D eigenvalue weighted by Crippen LogP contribution is -2.45. The summed E-state index contributed by atoms with van der Waals surface area (Å²) < 4.78 is 6.37. The highest BCUT2D eigenvalue weighted by Crippen LogP contribution is 2.37. The summed E-state index contributed by atoms with van der Waals surface area (Å²) in [5.41, 5.74) is 1.73. The molecule has 0 aliphatic heterocycles. The van der Waals surface area contributed by atoms with E-state index in [1.54, 1.807) is 12.1 Å². The van der Waals surface area contributed by atoms with E-state index in [-0.39, 0.29) is 17.1 Å². The van der Waals surface area contributed by atoms with Crippen LogP contribution in [0.4, 0.5) is 0 Å². The second-order valence-corrected chi connectivity index (χ2v) is 14.9. The molecule has 0 fully saturated rings. The maximum atomic E-state index is 11.1. The van der Waals surface area contributed by atoms with E-state index >= 15 is 0 Å². The van der Waals surface area contributed by atoms with Crippen molar-refractivity contribution in [2.75, 3.05) is 6.61 Å². The van der Waals surface area contributed by atoms with Gasteiger partial charge in [-0.3, -0.25) is 0 Å². The van der Waals surface area contributed by atoms with Gasteiger partial charge >= 0.3 is 0 Å². The lowest BCUT2D eigenvalue weighted by Gasteiger charge is -2.37. The number of hydrogen-bond acceptors (Lipinski definition) is 3. The molecule has 0 bridgehead atoms. The Morgan fingerprint density at radius 1 is 1.00 bits per heavy atom. The summed E-state index contributed by atoms with van der Waals surface area (Å²) in [6.45, 7) is 13.9. The van der Waals surface area contributed by atoms with E-state index in [0.717, 1.165) is 11.1 Å². The zero-order chi connectivity index (χ0) is 21.8. The van der Waals surface area contributed by atoms with Crippen molar-refractivity contribution >= 4 is 31.5 Å². The van der Waals surface area contributed by atoms with Gasteiger partial charge < -0.3 is 14.8 Å². The molecule has 29 heavy (non-hydrogen) atoms. The molecule has 0 radical (unpaired) electrons. The number of hydrogen-bond donors (Lipinski definition) is 2. The maximum absolute atomic E-state index is 11.1. The minimum atomic E-state index is -1.84. The first-order chi connectivity index (χ1) is 13.4. The maximum Gasteiger partial charge on any atom is 0.192 e. The van der Waals surface area contributed by atoms with Crippen molar-refractivity contribution in [2.24, 2.45) is 0 Å². The first-order valence-corrected chi connectivity index (χ1v) is 13.7. The van der Waals surface area contributed by atoms with Gasteiger partial charge in [0.25, 0.3) is 0 Å². The summed E-state index contributed by atoms with van der Waals surface area (Å²) in [6, 6.07) is 14.6. The average molecular weight is 455 g/mol. The quantitative estimate of drug-likeness (QED) is 0.433. The van der Waals surface area contributed by atoms with Crippen LogP contribution in [0.3, 0.4) is 0 Å². The molecule has 2 rings (SSSR count). The molecular formula is C23H33Cl2NO2Si. The predicted octanol–water partition coefficient (Wildman–Crippen LogP) is 6.77. The van der Waals surface area contributed by atoms with Gasteiger partial charge in [0, 0.05) is 22.7 Å². The molecule has 0 saturated carbocycles. The fraction of sp³-hybridized carbons (Fsp3) is 0.478. The Morgan fingerprint density at radius 3 is 2.17 bits per heavy atom. The molecule has 3 atom stereocenters. The Morgan fingerprint density at radius 2 is 1.62 bits per heavy atom. The number of aliphatic hydroxyl groups excluding tert-OH is 1. The largest absolute Gasteiger partial charge is 0.415 e. The summed E-state index contributed by atoms with van der Waals surface area (Å²) in [4.78, 5) is 0. The highest BCUT2D eigenvalue weighted by atomic mass is 35.5. The number of halogens is 2. The Hall–Kier alpha value is -0.883. The Bertz CT molecular complexity index is 790. The topological polar surface area (TPSA) is 41.5 Å². The van der Waals surface area contributed by atoms with Crippen molar-refractivity contribution in [3.8, 4) is 0 Å². The minimum absolute atomic E-state index is 0.0543.